The highest BCUT2D eigenvalue weighted by Gasteiger charge is 2.45. The number of nitrogens with zero attached hydrogens (tertiary/aromatic N) is 2. The standard InChI is InChI=1S/C19H22F3N3O3/c1-12-4-2-3-5-14(12)15-16(26)23-8-11-25(15)17(27)13-6-9-24(10-7-13)18(28)19(20,21)22/h2-5,13,15H,6-11H2,1H3,(H,23,26). The molecule has 1 unspecified atom stereocenters. The molecule has 9 heteroatoms. The van der Waals surface area contributed by atoms with E-state index < -0.39 is 24.0 Å². The van der Waals surface area contributed by atoms with Crippen LogP contribution in [0.1, 0.15) is 30.0 Å². The van der Waals surface area contributed by atoms with Crippen LogP contribution in [0.3, 0.4) is 0 Å². The number of aryl methyl sites for hydroxylation is 1. The van der Waals surface area contributed by atoms with Crippen LogP contribution >= 0.6 is 0 Å². The lowest BCUT2D eigenvalue weighted by molar-refractivity contribution is -0.187. The lowest BCUT2D eigenvalue weighted by atomic mass is 9.92. The van der Waals surface area contributed by atoms with E-state index >= 15 is 0 Å². The summed E-state index contributed by atoms with van der Waals surface area (Å²) in [5, 5.41) is 2.77. The molecule has 2 fully saturated rings. The molecule has 0 aromatic heterocycles. The molecule has 0 spiro atoms. The number of amides is 3. The Bertz CT molecular complexity index is 773. The monoisotopic (exact) mass is 397 g/mol. The molecule has 6 nitrogen and oxygen atoms in total. The highest BCUT2D eigenvalue weighted by molar-refractivity contribution is 5.91. The van der Waals surface area contributed by atoms with Crippen molar-refractivity contribution in [3.05, 3.63) is 35.4 Å². The van der Waals surface area contributed by atoms with Gasteiger partial charge in [-0.25, -0.2) is 0 Å². The topological polar surface area (TPSA) is 69.7 Å². The van der Waals surface area contributed by atoms with E-state index in [9.17, 15) is 27.6 Å². The van der Waals surface area contributed by atoms with Crippen LogP contribution in [0.2, 0.25) is 0 Å². The average molecular weight is 397 g/mol. The number of carbonyl (C=O) groups is 3. The molecule has 2 aliphatic heterocycles. The first-order valence-electron chi connectivity index (χ1n) is 9.20. The summed E-state index contributed by atoms with van der Waals surface area (Å²) in [5.74, 6) is -2.89. The van der Waals surface area contributed by atoms with Gasteiger partial charge in [-0.15, -0.1) is 0 Å². The summed E-state index contributed by atoms with van der Waals surface area (Å²) in [5.41, 5.74) is 1.62. The lowest BCUT2D eigenvalue weighted by Crippen LogP contribution is -2.55. The summed E-state index contributed by atoms with van der Waals surface area (Å²) in [4.78, 5) is 39.2. The predicted octanol–water partition coefficient (Wildman–Crippen LogP) is 1.80. The molecule has 1 aromatic rings. The Balaban J connectivity index is 1.73. The maximum absolute atomic E-state index is 13.1. The van der Waals surface area contributed by atoms with Crippen LogP contribution in [-0.4, -0.2) is 59.9 Å². The Morgan fingerprint density at radius 1 is 1.11 bits per heavy atom. The zero-order chi connectivity index (χ0) is 20.5. The maximum Gasteiger partial charge on any atom is 0.471 e. The van der Waals surface area contributed by atoms with E-state index in [2.05, 4.69) is 5.32 Å². The van der Waals surface area contributed by atoms with E-state index in [1.807, 2.05) is 19.1 Å². The van der Waals surface area contributed by atoms with Crippen LogP contribution < -0.4 is 5.32 Å². The van der Waals surface area contributed by atoms with Gasteiger partial charge in [-0.3, -0.25) is 14.4 Å². The van der Waals surface area contributed by atoms with Crippen molar-refractivity contribution in [1.82, 2.24) is 15.1 Å². The van der Waals surface area contributed by atoms with Crippen molar-refractivity contribution in [2.45, 2.75) is 32.0 Å². The Kier molecular flexibility index (Phi) is 5.62. The number of carbonyl (C=O) groups excluding carboxylic acids is 3. The fourth-order valence-electron chi connectivity index (χ4n) is 3.85. The molecule has 152 valence electrons. The highest BCUT2D eigenvalue weighted by atomic mass is 19.4. The molecule has 1 N–H and O–H groups in total. The molecule has 1 atom stereocenters. The third kappa shape index (κ3) is 3.98. The van der Waals surface area contributed by atoms with Crippen molar-refractivity contribution in [3.8, 4) is 0 Å². The van der Waals surface area contributed by atoms with Gasteiger partial charge >= 0.3 is 12.1 Å². The number of alkyl halides is 3. The molecule has 2 saturated heterocycles. The van der Waals surface area contributed by atoms with Gasteiger partial charge in [-0.1, -0.05) is 24.3 Å². The molecule has 0 aliphatic carbocycles. The summed E-state index contributed by atoms with van der Waals surface area (Å²) >= 11 is 0. The SMILES string of the molecule is Cc1ccccc1C1C(=O)NCCN1C(=O)C1CCN(C(=O)C(F)(F)F)CC1. The van der Waals surface area contributed by atoms with Crippen molar-refractivity contribution in [2.75, 3.05) is 26.2 Å². The Morgan fingerprint density at radius 3 is 2.36 bits per heavy atom. The molecule has 0 radical (unpaired) electrons. The lowest BCUT2D eigenvalue weighted by Gasteiger charge is -2.40. The van der Waals surface area contributed by atoms with E-state index in [0.717, 1.165) is 16.0 Å². The van der Waals surface area contributed by atoms with Gasteiger partial charge in [-0.05, 0) is 30.9 Å². The Labute approximate surface area is 160 Å². The minimum Gasteiger partial charge on any atom is -0.352 e. The van der Waals surface area contributed by atoms with Crippen LogP contribution in [0, 0.1) is 12.8 Å². The minimum absolute atomic E-state index is 0.121. The van der Waals surface area contributed by atoms with Crippen LogP contribution in [0.5, 0.6) is 0 Å². The molecule has 3 amide bonds. The van der Waals surface area contributed by atoms with Gasteiger partial charge in [0.25, 0.3) is 0 Å². The van der Waals surface area contributed by atoms with Gasteiger partial charge < -0.3 is 15.1 Å². The largest absolute Gasteiger partial charge is 0.471 e. The number of piperazine rings is 1. The second-order valence-corrected chi connectivity index (χ2v) is 7.15. The number of hydrogen-bond acceptors (Lipinski definition) is 3. The maximum atomic E-state index is 13.1. The van der Waals surface area contributed by atoms with E-state index in [1.165, 1.54) is 4.90 Å². The highest BCUT2D eigenvalue weighted by Crippen LogP contribution is 2.30. The van der Waals surface area contributed by atoms with Gasteiger partial charge in [0.1, 0.15) is 6.04 Å². The fourth-order valence-corrected chi connectivity index (χ4v) is 3.85. The summed E-state index contributed by atoms with van der Waals surface area (Å²) < 4.78 is 37.8. The number of nitrogens with one attached hydrogen (secondary N) is 1. The molecule has 2 heterocycles. The molecule has 1 aromatic carbocycles. The van der Waals surface area contributed by atoms with Gasteiger partial charge in [0, 0.05) is 32.1 Å². The van der Waals surface area contributed by atoms with Crippen molar-refractivity contribution >= 4 is 17.7 Å². The fraction of sp³-hybridized carbons (Fsp3) is 0.526. The summed E-state index contributed by atoms with van der Waals surface area (Å²) in [6.07, 6.45) is -4.60. The number of halogens is 3. The molecular formula is C19H22F3N3O3. The van der Waals surface area contributed by atoms with Crippen molar-refractivity contribution in [2.24, 2.45) is 5.92 Å². The van der Waals surface area contributed by atoms with Crippen LogP contribution in [0.4, 0.5) is 13.2 Å². The molecular weight excluding hydrogens is 375 g/mol. The number of likely N-dealkylation sites (tertiary alicyclic amines) is 1. The van der Waals surface area contributed by atoms with Gasteiger partial charge in [0.15, 0.2) is 0 Å². The van der Waals surface area contributed by atoms with E-state index in [-0.39, 0.29) is 37.7 Å². The Morgan fingerprint density at radius 2 is 1.75 bits per heavy atom. The van der Waals surface area contributed by atoms with E-state index in [0.29, 0.717) is 13.1 Å². The second kappa shape index (κ2) is 7.81. The minimum atomic E-state index is -4.91. The first kappa shape index (κ1) is 20.2. The second-order valence-electron chi connectivity index (χ2n) is 7.15. The smallest absolute Gasteiger partial charge is 0.352 e. The van der Waals surface area contributed by atoms with E-state index in [1.54, 1.807) is 12.1 Å². The van der Waals surface area contributed by atoms with Crippen molar-refractivity contribution in [3.63, 3.8) is 0 Å². The summed E-state index contributed by atoms with van der Waals surface area (Å²) in [6, 6.07) is 6.56. The van der Waals surface area contributed by atoms with Crippen molar-refractivity contribution < 1.29 is 27.6 Å². The number of rotatable bonds is 2. The molecule has 0 saturated carbocycles. The quantitative estimate of drug-likeness (QED) is 0.827. The first-order chi connectivity index (χ1) is 13.2. The van der Waals surface area contributed by atoms with Crippen molar-refractivity contribution in [1.29, 1.82) is 0 Å². The third-order valence-corrected chi connectivity index (χ3v) is 5.35. The first-order valence-corrected chi connectivity index (χ1v) is 9.20. The average Bonchev–Trinajstić information content (AvgIpc) is 2.67. The summed E-state index contributed by atoms with van der Waals surface area (Å²) in [7, 11) is 0. The van der Waals surface area contributed by atoms with E-state index in [4.69, 9.17) is 0 Å². The zero-order valence-corrected chi connectivity index (χ0v) is 15.5. The zero-order valence-electron chi connectivity index (χ0n) is 15.5. The third-order valence-electron chi connectivity index (χ3n) is 5.35. The molecule has 2 aliphatic rings. The number of piperidine rings is 1. The number of hydrogen-bond donors (Lipinski definition) is 1. The van der Waals surface area contributed by atoms with Crippen LogP contribution in [-0.2, 0) is 14.4 Å². The predicted molar refractivity (Wildman–Crippen MR) is 94.0 cm³/mol. The van der Waals surface area contributed by atoms with Gasteiger partial charge in [0.2, 0.25) is 11.8 Å². The molecule has 3 rings (SSSR count). The molecule has 0 bridgehead atoms. The van der Waals surface area contributed by atoms with Crippen LogP contribution in [0.15, 0.2) is 24.3 Å². The van der Waals surface area contributed by atoms with Crippen LogP contribution in [0.25, 0.3) is 0 Å². The van der Waals surface area contributed by atoms with Gasteiger partial charge in [-0.2, -0.15) is 13.2 Å². The molecule has 28 heavy (non-hydrogen) atoms. The number of benzene rings is 1. The summed E-state index contributed by atoms with van der Waals surface area (Å²) in [6.45, 7) is 2.29. The van der Waals surface area contributed by atoms with Gasteiger partial charge in [0.05, 0.1) is 0 Å². The normalized spacial score (nSPS) is 21.4. The Hall–Kier alpha value is -2.58.